The van der Waals surface area contributed by atoms with E-state index in [4.69, 9.17) is 4.74 Å². The number of carbonyl (C=O) groups is 2. The molecule has 0 heterocycles. The van der Waals surface area contributed by atoms with Crippen LogP contribution in [0.4, 0.5) is 0 Å². The Morgan fingerprint density at radius 3 is 2.62 bits per heavy atom. The molecule has 4 aliphatic rings. The molecular formula is C21H32O3. The van der Waals surface area contributed by atoms with Crippen LogP contribution >= 0.6 is 0 Å². The van der Waals surface area contributed by atoms with Crippen molar-refractivity contribution in [2.75, 3.05) is 0 Å². The van der Waals surface area contributed by atoms with Gasteiger partial charge in [0, 0.05) is 24.7 Å². The van der Waals surface area contributed by atoms with Crippen molar-refractivity contribution >= 4 is 11.8 Å². The lowest BCUT2D eigenvalue weighted by molar-refractivity contribution is -0.157. The van der Waals surface area contributed by atoms with Gasteiger partial charge in [-0.25, -0.2) is 0 Å². The van der Waals surface area contributed by atoms with Crippen molar-refractivity contribution < 1.29 is 14.3 Å². The second-order valence-corrected chi connectivity index (χ2v) is 9.46. The number of ketones is 1. The van der Waals surface area contributed by atoms with Gasteiger partial charge in [-0.1, -0.05) is 13.8 Å². The van der Waals surface area contributed by atoms with Crippen LogP contribution in [0.25, 0.3) is 0 Å². The van der Waals surface area contributed by atoms with Crippen LogP contribution in [0.3, 0.4) is 0 Å². The molecule has 0 saturated heterocycles. The number of rotatable bonds is 1. The molecule has 8 atom stereocenters. The van der Waals surface area contributed by atoms with Gasteiger partial charge in [-0.05, 0) is 74.5 Å². The summed E-state index contributed by atoms with van der Waals surface area (Å²) in [6, 6.07) is 0. The highest BCUT2D eigenvalue weighted by molar-refractivity contribution is 5.81. The monoisotopic (exact) mass is 332 g/mol. The molecule has 0 bridgehead atoms. The number of fused-ring (bicyclic) bond motifs is 5. The maximum Gasteiger partial charge on any atom is 0.302 e. The van der Waals surface area contributed by atoms with Crippen LogP contribution in [0.5, 0.6) is 0 Å². The van der Waals surface area contributed by atoms with Crippen molar-refractivity contribution in [2.24, 2.45) is 40.9 Å². The molecule has 8 unspecified atom stereocenters. The van der Waals surface area contributed by atoms with Gasteiger partial charge in [-0.2, -0.15) is 0 Å². The van der Waals surface area contributed by atoms with E-state index in [1.54, 1.807) is 6.92 Å². The molecule has 24 heavy (non-hydrogen) atoms. The molecule has 0 amide bonds. The fraction of sp³-hybridized carbons (Fsp3) is 0.905. The highest BCUT2D eigenvalue weighted by Gasteiger charge is 2.58. The normalized spacial score (nSPS) is 50.6. The average Bonchev–Trinajstić information content (AvgIpc) is 2.85. The van der Waals surface area contributed by atoms with Crippen LogP contribution in [0.1, 0.15) is 72.1 Å². The number of Topliss-reactive ketones (excluding diaryl/α,β-unsaturated/α-hetero) is 1. The van der Waals surface area contributed by atoms with Crippen LogP contribution in [0.2, 0.25) is 0 Å². The molecule has 0 aromatic heterocycles. The molecule has 0 spiro atoms. The summed E-state index contributed by atoms with van der Waals surface area (Å²) in [6.07, 6.45) is 9.38. The summed E-state index contributed by atoms with van der Waals surface area (Å²) in [4.78, 5) is 23.6. The quantitative estimate of drug-likeness (QED) is 0.669. The second-order valence-electron chi connectivity index (χ2n) is 9.46. The van der Waals surface area contributed by atoms with Crippen LogP contribution < -0.4 is 0 Å². The van der Waals surface area contributed by atoms with Crippen LogP contribution in [-0.2, 0) is 14.3 Å². The first-order valence-corrected chi connectivity index (χ1v) is 10.1. The zero-order chi connectivity index (χ0) is 17.1. The molecule has 3 heteroatoms. The molecule has 0 aromatic carbocycles. The summed E-state index contributed by atoms with van der Waals surface area (Å²) in [7, 11) is 0. The second kappa shape index (κ2) is 5.85. The third-order valence-corrected chi connectivity index (χ3v) is 8.38. The van der Waals surface area contributed by atoms with Gasteiger partial charge in [-0.15, -0.1) is 0 Å². The zero-order valence-corrected chi connectivity index (χ0v) is 15.4. The van der Waals surface area contributed by atoms with Crippen LogP contribution in [0.15, 0.2) is 0 Å². The summed E-state index contributed by atoms with van der Waals surface area (Å²) < 4.78 is 5.72. The van der Waals surface area contributed by atoms with Crippen molar-refractivity contribution in [3.63, 3.8) is 0 Å². The first-order chi connectivity index (χ1) is 11.4. The Kier molecular flexibility index (Phi) is 4.04. The Balaban J connectivity index is 1.54. The van der Waals surface area contributed by atoms with E-state index in [2.05, 4.69) is 13.8 Å². The van der Waals surface area contributed by atoms with Crippen molar-refractivity contribution in [3.8, 4) is 0 Å². The molecule has 4 fully saturated rings. The van der Waals surface area contributed by atoms with Gasteiger partial charge >= 0.3 is 5.97 Å². The third-order valence-electron chi connectivity index (χ3n) is 8.38. The molecule has 3 nitrogen and oxygen atoms in total. The lowest BCUT2D eigenvalue weighted by Crippen LogP contribution is -2.50. The molecule has 4 aliphatic carbocycles. The van der Waals surface area contributed by atoms with Crippen LogP contribution in [0, 0.1) is 40.9 Å². The summed E-state index contributed by atoms with van der Waals surface area (Å²) in [5.41, 5.74) is 0.190. The van der Waals surface area contributed by atoms with Crippen molar-refractivity contribution in [1.82, 2.24) is 0 Å². The molecule has 134 valence electrons. The maximum absolute atomic E-state index is 12.1. The summed E-state index contributed by atoms with van der Waals surface area (Å²) in [5.74, 6) is 4.42. The average molecular weight is 332 g/mol. The van der Waals surface area contributed by atoms with Gasteiger partial charge in [0.1, 0.15) is 11.9 Å². The Bertz CT molecular complexity index is 541. The highest BCUT2D eigenvalue weighted by atomic mass is 16.5. The molecule has 0 radical (unpaired) electrons. The van der Waals surface area contributed by atoms with E-state index >= 15 is 0 Å². The Hall–Kier alpha value is -0.860. The van der Waals surface area contributed by atoms with Gasteiger partial charge in [0.15, 0.2) is 0 Å². The SMILES string of the molecule is CC(=O)OC1CCC2C3CCC4CC(=O)C(C)CC4C3CCC12C. The Labute approximate surface area is 145 Å². The van der Waals surface area contributed by atoms with E-state index in [0.29, 0.717) is 11.7 Å². The van der Waals surface area contributed by atoms with E-state index in [1.807, 2.05) is 0 Å². The third kappa shape index (κ3) is 2.45. The lowest BCUT2D eigenvalue weighted by atomic mass is 9.50. The zero-order valence-electron chi connectivity index (χ0n) is 15.4. The summed E-state index contributed by atoms with van der Waals surface area (Å²) in [5, 5.41) is 0. The predicted molar refractivity (Wildman–Crippen MR) is 92.2 cm³/mol. The number of hydrogen-bond acceptors (Lipinski definition) is 3. The van der Waals surface area contributed by atoms with Crippen LogP contribution in [-0.4, -0.2) is 17.9 Å². The fourth-order valence-electron chi connectivity index (χ4n) is 7.20. The Morgan fingerprint density at radius 2 is 1.88 bits per heavy atom. The standard InChI is InChI=1S/C21H32O3/c1-12-10-17-14(11-19(12)23)4-5-16-15(17)8-9-21(3)18(16)6-7-20(21)24-13(2)22/h12,14-18,20H,4-11H2,1-3H3. The number of hydrogen-bond donors (Lipinski definition) is 0. The minimum absolute atomic E-state index is 0.118. The van der Waals surface area contributed by atoms with Gasteiger partial charge in [0.05, 0.1) is 0 Å². The number of carbonyl (C=O) groups excluding carboxylic acids is 2. The van der Waals surface area contributed by atoms with E-state index < -0.39 is 0 Å². The van der Waals surface area contributed by atoms with Gasteiger partial charge in [0.2, 0.25) is 0 Å². The molecule has 0 N–H and O–H groups in total. The lowest BCUT2D eigenvalue weighted by Gasteiger charge is -2.55. The summed E-state index contributed by atoms with van der Waals surface area (Å²) in [6.45, 7) is 6.07. The van der Waals surface area contributed by atoms with E-state index in [-0.39, 0.29) is 23.4 Å². The van der Waals surface area contributed by atoms with E-state index in [0.717, 1.165) is 42.9 Å². The van der Waals surface area contributed by atoms with Gasteiger partial charge < -0.3 is 4.74 Å². The summed E-state index contributed by atoms with van der Waals surface area (Å²) >= 11 is 0. The maximum atomic E-state index is 12.1. The van der Waals surface area contributed by atoms with Crippen molar-refractivity contribution in [3.05, 3.63) is 0 Å². The minimum atomic E-state index is -0.118. The fourth-order valence-corrected chi connectivity index (χ4v) is 7.20. The van der Waals surface area contributed by atoms with E-state index in [1.165, 1.54) is 32.1 Å². The number of ether oxygens (including phenoxy) is 1. The topological polar surface area (TPSA) is 43.4 Å². The first-order valence-electron chi connectivity index (χ1n) is 10.1. The number of esters is 1. The Morgan fingerprint density at radius 1 is 1.08 bits per heavy atom. The molecule has 0 aromatic rings. The van der Waals surface area contributed by atoms with E-state index in [9.17, 15) is 9.59 Å². The molecule has 0 aliphatic heterocycles. The van der Waals surface area contributed by atoms with Gasteiger partial charge in [0.25, 0.3) is 0 Å². The minimum Gasteiger partial charge on any atom is -0.462 e. The smallest absolute Gasteiger partial charge is 0.302 e. The van der Waals surface area contributed by atoms with Crippen molar-refractivity contribution in [2.45, 2.75) is 78.2 Å². The van der Waals surface area contributed by atoms with Gasteiger partial charge in [-0.3, -0.25) is 9.59 Å². The molecular weight excluding hydrogens is 300 g/mol. The molecule has 4 saturated carbocycles. The van der Waals surface area contributed by atoms with Crippen molar-refractivity contribution in [1.29, 1.82) is 0 Å². The highest BCUT2D eigenvalue weighted by Crippen LogP contribution is 2.63. The predicted octanol–water partition coefficient (Wildman–Crippen LogP) is 4.39. The first kappa shape index (κ1) is 16.6. The molecule has 4 rings (SSSR count). The largest absolute Gasteiger partial charge is 0.462 e.